The van der Waals surface area contributed by atoms with Crippen LogP contribution < -0.4 is 5.32 Å². The number of amides is 1. The van der Waals surface area contributed by atoms with Crippen molar-refractivity contribution in [3.05, 3.63) is 58.2 Å². The fraction of sp³-hybridized carbons (Fsp3) is 0.556. The average Bonchev–Trinajstić information content (AvgIpc) is 2.86. The lowest BCUT2D eigenvalue weighted by Crippen LogP contribution is -2.58. The van der Waals surface area contributed by atoms with Crippen molar-refractivity contribution in [1.29, 1.82) is 0 Å². The number of carbonyl (C=O) groups is 1. The lowest BCUT2D eigenvalue weighted by Gasteiger charge is -2.47. The number of piperidine rings is 1. The van der Waals surface area contributed by atoms with Crippen LogP contribution in [0.1, 0.15) is 52.1 Å². The highest BCUT2D eigenvalue weighted by atomic mass is 35.5. The number of benzene rings is 1. The zero-order valence-corrected chi connectivity index (χ0v) is 22.9. The summed E-state index contributed by atoms with van der Waals surface area (Å²) in [4.78, 5) is 23.7. The minimum Gasteiger partial charge on any atom is -0.353 e. The Balaban J connectivity index is 1.57. The summed E-state index contributed by atoms with van der Waals surface area (Å²) in [6.45, 7) is 13.9. The van der Waals surface area contributed by atoms with Gasteiger partial charge in [-0.05, 0) is 58.2 Å². The van der Waals surface area contributed by atoms with Crippen molar-refractivity contribution in [2.75, 3.05) is 39.3 Å². The number of halogens is 2. The van der Waals surface area contributed by atoms with E-state index in [1.807, 2.05) is 32.1 Å². The van der Waals surface area contributed by atoms with E-state index >= 15 is 0 Å². The Labute approximate surface area is 220 Å². The first-order chi connectivity index (χ1) is 16.8. The quantitative estimate of drug-likeness (QED) is 0.310. The van der Waals surface area contributed by atoms with Gasteiger partial charge in [-0.25, -0.2) is 4.99 Å². The van der Waals surface area contributed by atoms with Crippen molar-refractivity contribution in [2.45, 2.75) is 58.7 Å². The smallest absolute Gasteiger partial charge is 0.245 e. The Morgan fingerprint density at radius 2 is 1.89 bits per heavy atom. The molecule has 192 valence electrons. The number of hydrogen-bond donors (Lipinski definition) is 1. The maximum atomic E-state index is 11.7. The van der Waals surface area contributed by atoms with Gasteiger partial charge in [-0.1, -0.05) is 41.4 Å². The number of piperazine rings is 1. The maximum Gasteiger partial charge on any atom is 0.245 e. The molecule has 1 aromatic carbocycles. The second kappa shape index (κ2) is 13.4. The molecule has 2 fully saturated rings. The van der Waals surface area contributed by atoms with Gasteiger partial charge >= 0.3 is 0 Å². The van der Waals surface area contributed by atoms with Gasteiger partial charge in [0.25, 0.3) is 0 Å². The molecule has 0 saturated carbocycles. The number of amidine groups is 1. The van der Waals surface area contributed by atoms with Crippen molar-refractivity contribution in [3.63, 3.8) is 0 Å². The normalized spacial score (nSPS) is 22.6. The maximum absolute atomic E-state index is 11.7. The summed E-state index contributed by atoms with van der Waals surface area (Å²) in [7, 11) is 0. The molecule has 0 spiro atoms. The van der Waals surface area contributed by atoms with Crippen molar-refractivity contribution < 1.29 is 4.79 Å². The van der Waals surface area contributed by atoms with Crippen LogP contribution in [-0.4, -0.2) is 77.8 Å². The van der Waals surface area contributed by atoms with E-state index in [0.717, 1.165) is 43.6 Å². The highest BCUT2D eigenvalue weighted by molar-refractivity contribution is 6.43. The van der Waals surface area contributed by atoms with Crippen molar-refractivity contribution in [1.82, 2.24) is 20.0 Å². The predicted molar refractivity (Wildman–Crippen MR) is 147 cm³/mol. The molecule has 1 N–H and O–H groups in total. The molecule has 0 aliphatic carbocycles. The molecule has 3 rings (SSSR count). The van der Waals surface area contributed by atoms with Gasteiger partial charge in [0.1, 0.15) is 5.84 Å². The van der Waals surface area contributed by atoms with Crippen LogP contribution >= 0.6 is 23.2 Å². The first-order valence-electron chi connectivity index (χ1n) is 12.7. The van der Waals surface area contributed by atoms with Gasteiger partial charge < -0.3 is 10.2 Å². The minimum absolute atomic E-state index is 0.151. The molecule has 2 aliphatic rings. The van der Waals surface area contributed by atoms with Crippen LogP contribution in [0.4, 0.5) is 0 Å². The Morgan fingerprint density at radius 1 is 1.20 bits per heavy atom. The third kappa shape index (κ3) is 7.56. The van der Waals surface area contributed by atoms with Gasteiger partial charge in [-0.15, -0.1) is 0 Å². The fourth-order valence-corrected chi connectivity index (χ4v) is 5.39. The molecule has 0 bridgehead atoms. The molecule has 1 amide bonds. The minimum atomic E-state index is -0.151. The van der Waals surface area contributed by atoms with E-state index in [4.69, 9.17) is 23.2 Å². The molecule has 2 heterocycles. The van der Waals surface area contributed by atoms with Crippen LogP contribution in [0.2, 0.25) is 5.02 Å². The van der Waals surface area contributed by atoms with Crippen molar-refractivity contribution >= 4 is 34.9 Å². The van der Waals surface area contributed by atoms with E-state index in [2.05, 4.69) is 51.0 Å². The van der Waals surface area contributed by atoms with Gasteiger partial charge in [-0.3, -0.25) is 14.6 Å². The van der Waals surface area contributed by atoms with Gasteiger partial charge in [0, 0.05) is 74.7 Å². The number of aliphatic imine (C=N–C) groups is 1. The standard InChI is InChI=1S/C27H39Cl2N5O/c1-5-25(29)27(31-14-11-26(35)30-6-2)33-17-18-34(20(3)19-33)24-12-15-32(16-13-24)21(4)22-7-9-23(28)10-8-22/h5,7-11,14,20-21,24H,6,12-13,15-19H2,1-4H3,(H,30,35)/b14-11+,25-5+,31-27-. The summed E-state index contributed by atoms with van der Waals surface area (Å²) < 4.78 is 0. The predicted octanol–water partition coefficient (Wildman–Crippen LogP) is 5.06. The first-order valence-corrected chi connectivity index (χ1v) is 13.4. The third-order valence-corrected chi connectivity index (χ3v) is 7.73. The highest BCUT2D eigenvalue weighted by Crippen LogP contribution is 2.29. The fourth-order valence-electron chi connectivity index (χ4n) is 5.10. The van der Waals surface area contributed by atoms with Crippen LogP contribution in [-0.2, 0) is 4.79 Å². The highest BCUT2D eigenvalue weighted by Gasteiger charge is 2.33. The summed E-state index contributed by atoms with van der Waals surface area (Å²) in [5, 5.41) is 4.13. The van der Waals surface area contributed by atoms with Crippen LogP contribution in [0.15, 0.2) is 52.6 Å². The molecular formula is C27H39Cl2N5O. The van der Waals surface area contributed by atoms with E-state index in [1.54, 1.807) is 6.20 Å². The number of allylic oxidation sites excluding steroid dienone is 1. The van der Waals surface area contributed by atoms with E-state index in [-0.39, 0.29) is 5.91 Å². The molecule has 0 radical (unpaired) electrons. The van der Waals surface area contributed by atoms with Gasteiger partial charge in [-0.2, -0.15) is 0 Å². The second-order valence-electron chi connectivity index (χ2n) is 9.33. The number of nitrogens with zero attached hydrogens (tertiary/aromatic N) is 4. The lowest BCUT2D eigenvalue weighted by molar-refractivity contribution is -0.116. The monoisotopic (exact) mass is 519 g/mol. The Kier molecular flexibility index (Phi) is 10.7. The second-order valence-corrected chi connectivity index (χ2v) is 10.2. The van der Waals surface area contributed by atoms with Crippen molar-refractivity contribution in [3.8, 4) is 0 Å². The summed E-state index contributed by atoms with van der Waals surface area (Å²) in [6, 6.07) is 9.63. The molecule has 2 unspecified atom stereocenters. The van der Waals surface area contributed by atoms with Gasteiger partial charge in [0.15, 0.2) is 0 Å². The van der Waals surface area contributed by atoms with E-state index < -0.39 is 0 Å². The van der Waals surface area contributed by atoms with Gasteiger partial charge in [0.2, 0.25) is 5.91 Å². The van der Waals surface area contributed by atoms with E-state index in [0.29, 0.717) is 29.7 Å². The summed E-state index contributed by atoms with van der Waals surface area (Å²) in [6.07, 6.45) is 7.19. The molecule has 2 saturated heterocycles. The number of rotatable bonds is 7. The van der Waals surface area contributed by atoms with E-state index in [9.17, 15) is 4.79 Å². The molecule has 8 heteroatoms. The van der Waals surface area contributed by atoms with Crippen LogP contribution in [0.5, 0.6) is 0 Å². The number of hydrogen-bond acceptors (Lipinski definition) is 4. The Bertz CT molecular complexity index is 922. The van der Waals surface area contributed by atoms with Crippen LogP contribution in [0.25, 0.3) is 0 Å². The molecule has 6 nitrogen and oxygen atoms in total. The zero-order chi connectivity index (χ0) is 25.4. The molecule has 35 heavy (non-hydrogen) atoms. The zero-order valence-electron chi connectivity index (χ0n) is 21.4. The number of likely N-dealkylation sites (N-methyl/N-ethyl adjacent to an activating group) is 1. The Morgan fingerprint density at radius 3 is 2.49 bits per heavy atom. The molecular weight excluding hydrogens is 481 g/mol. The number of nitrogens with one attached hydrogen (secondary N) is 1. The summed E-state index contributed by atoms with van der Waals surface area (Å²) >= 11 is 12.6. The van der Waals surface area contributed by atoms with E-state index in [1.165, 1.54) is 24.5 Å². The molecule has 2 atom stereocenters. The SMILES string of the molecule is C\C=C(Cl)/C(=N/C=C/C(=O)NCC)N1CCN(C2CCN(C(C)c3ccc(Cl)cc3)CC2)C(C)C1. The Hall–Kier alpha value is -1.86. The third-order valence-electron chi connectivity index (χ3n) is 7.09. The lowest BCUT2D eigenvalue weighted by atomic mass is 9.97. The molecule has 1 aromatic rings. The number of carbonyl (C=O) groups excluding carboxylic acids is 1. The molecule has 2 aliphatic heterocycles. The van der Waals surface area contributed by atoms with Crippen LogP contribution in [0.3, 0.4) is 0 Å². The summed E-state index contributed by atoms with van der Waals surface area (Å²) in [5.74, 6) is 0.579. The summed E-state index contributed by atoms with van der Waals surface area (Å²) in [5.41, 5.74) is 1.32. The average molecular weight is 521 g/mol. The topological polar surface area (TPSA) is 51.2 Å². The molecule has 0 aromatic heterocycles. The number of likely N-dealkylation sites (tertiary alicyclic amines) is 1. The van der Waals surface area contributed by atoms with Gasteiger partial charge in [0.05, 0.1) is 5.03 Å². The first kappa shape index (κ1) is 27.7. The largest absolute Gasteiger partial charge is 0.353 e. The van der Waals surface area contributed by atoms with Crippen molar-refractivity contribution in [2.24, 2.45) is 4.99 Å². The van der Waals surface area contributed by atoms with Crippen LogP contribution in [0, 0.1) is 0 Å².